The summed E-state index contributed by atoms with van der Waals surface area (Å²) >= 11 is 6.56. The maximum absolute atomic E-state index is 12.1. The SMILES string of the molecule is CCOC(=O)c1c(NC(=S)NN)sc2c1CCCC2. The van der Waals surface area contributed by atoms with Crippen LogP contribution in [0.1, 0.15) is 40.6 Å². The van der Waals surface area contributed by atoms with E-state index in [-0.39, 0.29) is 5.97 Å². The third-order valence-electron chi connectivity index (χ3n) is 3.01. The average molecular weight is 299 g/mol. The van der Waals surface area contributed by atoms with Gasteiger partial charge in [-0.3, -0.25) is 0 Å². The smallest absolute Gasteiger partial charge is 0.341 e. The van der Waals surface area contributed by atoms with Crippen molar-refractivity contribution in [2.24, 2.45) is 5.84 Å². The lowest BCUT2D eigenvalue weighted by molar-refractivity contribution is 0.0526. The summed E-state index contributed by atoms with van der Waals surface area (Å²) in [5, 5.41) is 4.00. The molecule has 7 heteroatoms. The van der Waals surface area contributed by atoms with E-state index in [2.05, 4.69) is 10.7 Å². The van der Waals surface area contributed by atoms with E-state index in [0.29, 0.717) is 17.3 Å². The molecule has 0 spiro atoms. The van der Waals surface area contributed by atoms with Crippen LogP contribution in [0.5, 0.6) is 0 Å². The highest BCUT2D eigenvalue weighted by atomic mass is 32.1. The van der Waals surface area contributed by atoms with Crippen molar-refractivity contribution in [2.45, 2.75) is 32.6 Å². The highest BCUT2D eigenvalue weighted by molar-refractivity contribution is 7.80. The number of rotatable bonds is 3. The number of nitrogens with two attached hydrogens (primary N) is 1. The molecule has 0 unspecified atom stereocenters. The van der Waals surface area contributed by atoms with E-state index in [1.54, 1.807) is 18.3 Å². The first-order valence-electron chi connectivity index (χ1n) is 6.26. The molecule has 0 aromatic carbocycles. The number of carbonyl (C=O) groups is 1. The molecule has 1 aromatic rings. The second-order valence-corrected chi connectivity index (χ2v) is 5.75. The Morgan fingerprint density at radius 3 is 2.89 bits per heavy atom. The van der Waals surface area contributed by atoms with Crippen LogP contribution in [-0.2, 0) is 17.6 Å². The normalized spacial score (nSPS) is 13.6. The van der Waals surface area contributed by atoms with Crippen molar-refractivity contribution in [3.05, 3.63) is 16.0 Å². The number of hydrogen-bond acceptors (Lipinski definition) is 5. The molecule has 1 aromatic heterocycles. The van der Waals surface area contributed by atoms with E-state index in [9.17, 15) is 4.79 Å². The number of anilines is 1. The zero-order chi connectivity index (χ0) is 13.8. The van der Waals surface area contributed by atoms with E-state index in [1.165, 1.54) is 4.88 Å². The summed E-state index contributed by atoms with van der Waals surface area (Å²) in [5.41, 5.74) is 4.10. The monoisotopic (exact) mass is 299 g/mol. The second kappa shape index (κ2) is 6.31. The van der Waals surface area contributed by atoms with Gasteiger partial charge in [-0.25, -0.2) is 10.6 Å². The highest BCUT2D eigenvalue weighted by Crippen LogP contribution is 2.38. The van der Waals surface area contributed by atoms with Crippen molar-refractivity contribution >= 4 is 39.6 Å². The Morgan fingerprint density at radius 1 is 1.47 bits per heavy atom. The minimum Gasteiger partial charge on any atom is -0.462 e. The van der Waals surface area contributed by atoms with Gasteiger partial charge in [-0.1, -0.05) is 0 Å². The number of thiophene rings is 1. The van der Waals surface area contributed by atoms with Gasteiger partial charge in [0.1, 0.15) is 5.00 Å². The number of hydrogen-bond donors (Lipinski definition) is 3. The predicted molar refractivity (Wildman–Crippen MR) is 80.5 cm³/mol. The van der Waals surface area contributed by atoms with E-state index in [0.717, 1.165) is 36.2 Å². The molecule has 1 aliphatic rings. The number of aryl methyl sites for hydroxylation is 1. The lowest BCUT2D eigenvalue weighted by Gasteiger charge is -2.12. The van der Waals surface area contributed by atoms with E-state index >= 15 is 0 Å². The molecule has 0 aliphatic heterocycles. The summed E-state index contributed by atoms with van der Waals surface area (Å²) in [6.45, 7) is 2.17. The van der Waals surface area contributed by atoms with Crippen LogP contribution in [0.4, 0.5) is 5.00 Å². The molecule has 5 nitrogen and oxygen atoms in total. The zero-order valence-corrected chi connectivity index (χ0v) is 12.4. The largest absolute Gasteiger partial charge is 0.462 e. The number of hydrazine groups is 1. The molecule has 0 radical (unpaired) electrons. The molecule has 4 N–H and O–H groups in total. The highest BCUT2D eigenvalue weighted by Gasteiger charge is 2.26. The Morgan fingerprint density at radius 2 is 2.21 bits per heavy atom. The van der Waals surface area contributed by atoms with Gasteiger partial charge in [-0.05, 0) is 50.4 Å². The van der Waals surface area contributed by atoms with Crippen molar-refractivity contribution in [3.8, 4) is 0 Å². The van der Waals surface area contributed by atoms with Crippen LogP contribution in [-0.4, -0.2) is 17.7 Å². The number of esters is 1. The quantitative estimate of drug-likeness (QED) is 0.343. The molecular weight excluding hydrogens is 282 g/mol. The maximum atomic E-state index is 12.1. The molecule has 0 amide bonds. The Balaban J connectivity index is 2.37. The van der Waals surface area contributed by atoms with Gasteiger partial charge in [-0.15, -0.1) is 11.3 Å². The summed E-state index contributed by atoms with van der Waals surface area (Å²) in [5.74, 6) is 4.97. The van der Waals surface area contributed by atoms with E-state index < -0.39 is 0 Å². The number of thiocarbonyl (C=S) groups is 1. The zero-order valence-electron chi connectivity index (χ0n) is 10.7. The summed E-state index contributed by atoms with van der Waals surface area (Å²) in [6, 6.07) is 0. The maximum Gasteiger partial charge on any atom is 0.341 e. The third kappa shape index (κ3) is 3.05. The third-order valence-corrected chi connectivity index (χ3v) is 4.44. The lowest BCUT2D eigenvalue weighted by Crippen LogP contribution is -2.34. The van der Waals surface area contributed by atoms with Crippen LogP contribution in [0.3, 0.4) is 0 Å². The molecule has 1 aliphatic carbocycles. The minimum absolute atomic E-state index is 0.288. The second-order valence-electron chi connectivity index (χ2n) is 4.23. The molecule has 104 valence electrons. The molecule has 0 bridgehead atoms. The molecule has 19 heavy (non-hydrogen) atoms. The first-order chi connectivity index (χ1) is 9.17. The fraction of sp³-hybridized carbons (Fsp3) is 0.500. The molecular formula is C12H17N3O2S2. The summed E-state index contributed by atoms with van der Waals surface area (Å²) < 4.78 is 5.14. The molecule has 0 saturated heterocycles. The standard InChI is InChI=1S/C12H17N3O2S2/c1-2-17-11(16)9-7-5-3-4-6-8(7)19-10(9)14-12(18)15-13/h2-6,13H2,1H3,(H2,14,15,18). The van der Waals surface area contributed by atoms with Gasteiger partial charge in [0, 0.05) is 4.88 Å². The number of fused-ring (bicyclic) bond motifs is 1. The van der Waals surface area contributed by atoms with Gasteiger partial charge in [0.15, 0.2) is 5.11 Å². The van der Waals surface area contributed by atoms with Gasteiger partial charge in [-0.2, -0.15) is 0 Å². The number of nitrogens with one attached hydrogen (secondary N) is 2. The number of ether oxygens (including phenoxy) is 1. The van der Waals surface area contributed by atoms with Gasteiger partial charge in [0.05, 0.1) is 12.2 Å². The minimum atomic E-state index is -0.288. The van der Waals surface area contributed by atoms with Gasteiger partial charge in [0.25, 0.3) is 0 Å². The summed E-state index contributed by atoms with van der Waals surface area (Å²) in [7, 11) is 0. The Labute approximate surface area is 121 Å². The summed E-state index contributed by atoms with van der Waals surface area (Å²) in [4.78, 5) is 13.4. The lowest BCUT2D eigenvalue weighted by atomic mass is 9.95. The first-order valence-corrected chi connectivity index (χ1v) is 7.49. The van der Waals surface area contributed by atoms with Gasteiger partial charge >= 0.3 is 5.97 Å². The Kier molecular flexibility index (Phi) is 4.73. The van der Waals surface area contributed by atoms with Crippen molar-refractivity contribution in [3.63, 3.8) is 0 Å². The van der Waals surface area contributed by atoms with Crippen LogP contribution in [0.25, 0.3) is 0 Å². The van der Waals surface area contributed by atoms with Crippen LogP contribution >= 0.6 is 23.6 Å². The first kappa shape index (κ1) is 14.2. The Bertz CT molecular complexity index is 499. The Hall–Kier alpha value is -1.18. The van der Waals surface area contributed by atoms with Crippen LogP contribution < -0.4 is 16.6 Å². The van der Waals surface area contributed by atoms with Crippen LogP contribution in [0.2, 0.25) is 0 Å². The number of carbonyl (C=O) groups excluding carboxylic acids is 1. The fourth-order valence-electron chi connectivity index (χ4n) is 2.21. The average Bonchev–Trinajstić information content (AvgIpc) is 2.76. The van der Waals surface area contributed by atoms with Gasteiger partial charge in [0.2, 0.25) is 0 Å². The molecule has 1 heterocycles. The van der Waals surface area contributed by atoms with Crippen molar-refractivity contribution in [1.82, 2.24) is 5.43 Å². The summed E-state index contributed by atoms with van der Waals surface area (Å²) in [6.07, 6.45) is 4.20. The van der Waals surface area contributed by atoms with E-state index in [1.807, 2.05) is 0 Å². The van der Waals surface area contributed by atoms with Crippen molar-refractivity contribution < 1.29 is 9.53 Å². The topological polar surface area (TPSA) is 76.4 Å². The van der Waals surface area contributed by atoms with Crippen LogP contribution in [0.15, 0.2) is 0 Å². The van der Waals surface area contributed by atoms with Gasteiger partial charge < -0.3 is 15.5 Å². The predicted octanol–water partition coefficient (Wildman–Crippen LogP) is 1.96. The molecule has 0 fully saturated rings. The van der Waals surface area contributed by atoms with Crippen molar-refractivity contribution in [2.75, 3.05) is 11.9 Å². The molecule has 0 atom stereocenters. The van der Waals surface area contributed by atoms with Crippen molar-refractivity contribution in [1.29, 1.82) is 0 Å². The fourth-order valence-corrected chi connectivity index (χ4v) is 3.66. The van der Waals surface area contributed by atoms with E-state index in [4.69, 9.17) is 22.8 Å². The van der Waals surface area contributed by atoms with Crippen LogP contribution in [0, 0.1) is 0 Å². The molecule has 0 saturated carbocycles. The molecule has 2 rings (SSSR count).